The van der Waals surface area contributed by atoms with Crippen LogP contribution < -0.4 is 19.2 Å². The molecule has 7 heteroatoms. The molecule has 0 fully saturated rings. The van der Waals surface area contributed by atoms with Crippen molar-refractivity contribution in [1.82, 2.24) is 0 Å². The van der Waals surface area contributed by atoms with Crippen molar-refractivity contribution in [3.63, 3.8) is 0 Å². The Bertz CT molecular complexity index is 27.2. The second-order valence-electron chi connectivity index (χ2n) is 0.500. The van der Waals surface area contributed by atoms with Crippen LogP contribution in [0.1, 0.15) is 0 Å². The predicted octanol–water partition coefficient (Wildman–Crippen LogP) is -5.14. The fourth-order valence-corrected chi connectivity index (χ4v) is 0. The fraction of sp³-hybridized carbons (Fsp3) is 0. The first-order valence-corrected chi connectivity index (χ1v) is 2.45. The van der Waals surface area contributed by atoms with Gasteiger partial charge in [0.2, 0.25) is 0 Å². The summed E-state index contributed by atoms with van der Waals surface area (Å²) < 4.78 is 0. The van der Waals surface area contributed by atoms with Crippen molar-refractivity contribution in [2.75, 3.05) is 0 Å². The molecule has 0 spiro atoms. The minimum Gasteiger partial charge on any atom is -0.894 e. The van der Waals surface area contributed by atoms with Gasteiger partial charge in [0.25, 0.3) is 0 Å². The molecule has 0 unspecified atom stereocenters. The van der Waals surface area contributed by atoms with E-state index in [4.69, 9.17) is 19.2 Å². The average molecular weight is 289 g/mol. The molecule has 0 aliphatic rings. The molecule has 7 heavy (non-hydrogen) atoms. The van der Waals surface area contributed by atoms with Gasteiger partial charge in [-0.1, -0.05) is 0 Å². The Hall–Kier alpha value is 1.90. The smallest absolute Gasteiger partial charge is 0.894 e. The van der Waals surface area contributed by atoms with Gasteiger partial charge in [-0.05, 0) is 0 Å². The van der Waals surface area contributed by atoms with Crippen LogP contribution in [-0.2, 0) is 55.1 Å². The van der Waals surface area contributed by atoms with Gasteiger partial charge in [0, 0.05) is 0 Å². The van der Waals surface area contributed by atoms with Gasteiger partial charge in [-0.15, -0.1) is 0 Å². The van der Waals surface area contributed by atoms with Gasteiger partial charge in [0.05, 0.1) is 0 Å². The SMILES string of the molecule is [Ag+].[O-][Si]([O-])([O-])[O-].[Y+3]. The summed E-state index contributed by atoms with van der Waals surface area (Å²) in [4.78, 5) is 34.3. The molecule has 0 bridgehead atoms. The molecule has 0 saturated carbocycles. The zero-order chi connectivity index (χ0) is 4.50. The van der Waals surface area contributed by atoms with E-state index >= 15 is 0 Å². The van der Waals surface area contributed by atoms with Crippen LogP contribution in [0.3, 0.4) is 0 Å². The molecule has 0 aromatic rings. The maximum atomic E-state index is 8.58. The molecule has 0 N–H and O–H groups in total. The average Bonchev–Trinajstić information content (AvgIpc) is 0.722. The summed E-state index contributed by atoms with van der Waals surface area (Å²) >= 11 is 0. The van der Waals surface area contributed by atoms with Gasteiger partial charge in [-0.25, -0.2) is 0 Å². The van der Waals surface area contributed by atoms with Crippen molar-refractivity contribution in [3.05, 3.63) is 0 Å². The quantitative estimate of drug-likeness (QED) is 0.417. The van der Waals surface area contributed by atoms with Crippen LogP contribution >= 0.6 is 0 Å². The Labute approximate surface area is 82.4 Å². The molecule has 0 atom stereocenters. The Morgan fingerprint density at radius 1 is 0.857 bits per heavy atom. The summed E-state index contributed by atoms with van der Waals surface area (Å²) in [5.41, 5.74) is 0. The fourth-order valence-electron chi connectivity index (χ4n) is 0. The predicted molar refractivity (Wildman–Crippen MR) is 5.75 cm³/mol. The summed E-state index contributed by atoms with van der Waals surface area (Å²) in [7, 11) is -5.61. The summed E-state index contributed by atoms with van der Waals surface area (Å²) in [6, 6.07) is 0. The van der Waals surface area contributed by atoms with Crippen molar-refractivity contribution < 1.29 is 74.3 Å². The van der Waals surface area contributed by atoms with E-state index < -0.39 is 9.05 Å². The van der Waals surface area contributed by atoms with Crippen molar-refractivity contribution in [2.45, 2.75) is 0 Å². The van der Waals surface area contributed by atoms with Gasteiger partial charge in [-0.2, -0.15) is 0 Å². The maximum absolute atomic E-state index is 8.58. The van der Waals surface area contributed by atoms with Gasteiger partial charge in [0.15, 0.2) is 0 Å². The van der Waals surface area contributed by atoms with Crippen LogP contribution in [0.4, 0.5) is 0 Å². The zero-order valence-electron chi connectivity index (χ0n) is 3.01. The Morgan fingerprint density at radius 3 is 0.857 bits per heavy atom. The van der Waals surface area contributed by atoms with Crippen LogP contribution in [0.2, 0.25) is 0 Å². The van der Waals surface area contributed by atoms with E-state index in [-0.39, 0.29) is 55.1 Å². The number of hydrogen-bond donors (Lipinski definition) is 0. The molecular formula is AgO4SiY. The Morgan fingerprint density at radius 2 is 0.857 bits per heavy atom. The van der Waals surface area contributed by atoms with E-state index in [9.17, 15) is 0 Å². The van der Waals surface area contributed by atoms with E-state index in [1.54, 1.807) is 0 Å². The van der Waals surface area contributed by atoms with Crippen LogP contribution in [0, 0.1) is 0 Å². The van der Waals surface area contributed by atoms with Crippen LogP contribution in [-0.4, -0.2) is 9.05 Å². The number of rotatable bonds is 0. The Kier molecular flexibility index (Phi) is 13.7. The van der Waals surface area contributed by atoms with E-state index in [1.807, 2.05) is 0 Å². The van der Waals surface area contributed by atoms with Crippen LogP contribution in [0.5, 0.6) is 0 Å². The largest absolute Gasteiger partial charge is 3.00 e. The van der Waals surface area contributed by atoms with Crippen molar-refractivity contribution in [1.29, 1.82) is 0 Å². The molecule has 0 aromatic heterocycles. The maximum Gasteiger partial charge on any atom is 3.00 e. The number of hydrogen-bond acceptors (Lipinski definition) is 4. The van der Waals surface area contributed by atoms with Crippen molar-refractivity contribution >= 4 is 9.05 Å². The normalized spacial score (nSPS) is 8.57. The second kappa shape index (κ2) is 6.03. The minimum atomic E-state index is -5.61. The molecule has 4 nitrogen and oxygen atoms in total. The van der Waals surface area contributed by atoms with E-state index in [1.165, 1.54) is 0 Å². The summed E-state index contributed by atoms with van der Waals surface area (Å²) in [5.74, 6) is 0. The summed E-state index contributed by atoms with van der Waals surface area (Å²) in [6.45, 7) is 0. The summed E-state index contributed by atoms with van der Waals surface area (Å²) in [5, 5.41) is 0. The summed E-state index contributed by atoms with van der Waals surface area (Å²) in [6.07, 6.45) is 0. The minimum absolute atomic E-state index is 0. The topological polar surface area (TPSA) is 92.2 Å². The molecule has 0 aliphatic heterocycles. The first-order chi connectivity index (χ1) is 2.00. The van der Waals surface area contributed by atoms with Gasteiger partial charge in [-0.3, -0.25) is 0 Å². The molecule has 0 heterocycles. The molecule has 0 aliphatic carbocycles. The molecule has 0 radical (unpaired) electrons. The molecule has 0 saturated heterocycles. The van der Waals surface area contributed by atoms with E-state index in [2.05, 4.69) is 0 Å². The molecule has 0 rings (SSSR count). The van der Waals surface area contributed by atoms with Crippen LogP contribution in [0.25, 0.3) is 0 Å². The molecule has 42 valence electrons. The van der Waals surface area contributed by atoms with Crippen molar-refractivity contribution in [3.8, 4) is 0 Å². The third-order valence-electron chi connectivity index (χ3n) is 0. The Balaban J connectivity index is -0.0000000800. The molecular weight excluding hydrogens is 289 g/mol. The molecule has 0 aromatic carbocycles. The van der Waals surface area contributed by atoms with E-state index in [0.717, 1.165) is 0 Å². The third-order valence-corrected chi connectivity index (χ3v) is 0. The first kappa shape index (κ1) is 16.0. The first-order valence-electron chi connectivity index (χ1n) is 0.816. The molecule has 0 amide bonds. The van der Waals surface area contributed by atoms with Gasteiger partial charge >= 0.3 is 55.1 Å². The second-order valence-corrected chi connectivity index (χ2v) is 1.50. The standard InChI is InChI=1S/Ag.O4Si.Y/c;1-5(2,3)4;/q+1;-4;+3. The van der Waals surface area contributed by atoms with E-state index in [0.29, 0.717) is 0 Å². The third kappa shape index (κ3) is 76.1. The van der Waals surface area contributed by atoms with Gasteiger partial charge in [0.1, 0.15) is 0 Å². The monoisotopic (exact) mass is 288 g/mol. The zero-order valence-corrected chi connectivity index (χ0v) is 8.33. The van der Waals surface area contributed by atoms with Gasteiger partial charge < -0.3 is 28.2 Å². The van der Waals surface area contributed by atoms with Crippen LogP contribution in [0.15, 0.2) is 0 Å². The van der Waals surface area contributed by atoms with Crippen molar-refractivity contribution in [2.24, 2.45) is 0 Å².